The smallest absolute Gasteiger partial charge is 0.227 e. The molecule has 3 N–H and O–H groups in total. The average Bonchev–Trinajstić information content (AvgIpc) is 2.97. The molecule has 3 heterocycles. The lowest BCUT2D eigenvalue weighted by Gasteiger charge is -2.33. The maximum Gasteiger partial charge on any atom is 0.227 e. The molecular weight excluding hydrogens is 336 g/mol. The van der Waals surface area contributed by atoms with Gasteiger partial charge >= 0.3 is 0 Å². The van der Waals surface area contributed by atoms with Gasteiger partial charge < -0.3 is 10.2 Å². The van der Waals surface area contributed by atoms with Crippen LogP contribution in [0.1, 0.15) is 24.8 Å². The van der Waals surface area contributed by atoms with Crippen molar-refractivity contribution in [1.29, 1.82) is 0 Å². The van der Waals surface area contributed by atoms with Gasteiger partial charge in [-0.25, -0.2) is 0 Å². The highest BCUT2D eigenvalue weighted by Gasteiger charge is 2.44. The Morgan fingerprint density at radius 1 is 1.22 bits per heavy atom. The molecular formula is C16H23ClN2O3S. The second kappa shape index (κ2) is 5.93. The number of benzene rings is 1. The summed E-state index contributed by atoms with van der Waals surface area (Å²) < 4.78 is 20.0. The number of halogens is 1. The maximum absolute atomic E-state index is 12.5. The zero-order valence-electron chi connectivity index (χ0n) is 13.0. The first kappa shape index (κ1) is 17.0. The number of carbonyl (C=O) groups excluding carboxylic acids is 1. The number of amides is 1. The van der Waals surface area contributed by atoms with E-state index in [1.807, 2.05) is 17.0 Å². The fourth-order valence-corrected chi connectivity index (χ4v) is 5.62. The maximum atomic E-state index is 12.5. The van der Waals surface area contributed by atoms with Crippen molar-refractivity contribution < 1.29 is 13.9 Å². The number of hydrogen-bond donors (Lipinski definition) is 3. The molecule has 1 aromatic rings. The third-order valence-corrected chi connectivity index (χ3v) is 7.23. The number of anilines is 1. The van der Waals surface area contributed by atoms with Crippen LogP contribution in [0.2, 0.25) is 0 Å². The molecule has 0 aromatic heterocycles. The predicted molar refractivity (Wildman–Crippen MR) is 94.9 cm³/mol. The van der Waals surface area contributed by atoms with Crippen LogP contribution < -0.4 is 10.2 Å². The number of rotatable bonds is 1. The second-order valence-electron chi connectivity index (χ2n) is 6.82. The first-order valence-electron chi connectivity index (χ1n) is 7.89. The van der Waals surface area contributed by atoms with E-state index in [-0.39, 0.29) is 23.7 Å². The molecule has 2 saturated heterocycles. The summed E-state index contributed by atoms with van der Waals surface area (Å²) in [7, 11) is -2.60. The van der Waals surface area contributed by atoms with Crippen LogP contribution in [0.5, 0.6) is 0 Å². The third-order valence-electron chi connectivity index (χ3n) is 5.35. The number of carbonyl (C=O) groups is 1. The summed E-state index contributed by atoms with van der Waals surface area (Å²) in [6, 6.07) is 5.65. The molecule has 1 spiro atoms. The molecule has 0 saturated carbocycles. The number of aryl methyl sites for hydroxylation is 1. The average molecular weight is 359 g/mol. The Balaban J connectivity index is 0.00000156. The van der Waals surface area contributed by atoms with Crippen molar-refractivity contribution in [2.75, 3.05) is 30.3 Å². The molecule has 7 heteroatoms. The Bertz CT molecular complexity index is 632. The van der Waals surface area contributed by atoms with Crippen LogP contribution in [0.25, 0.3) is 0 Å². The highest BCUT2D eigenvalue weighted by Crippen LogP contribution is 2.55. The molecule has 2 fully saturated rings. The minimum absolute atomic E-state index is 0. The zero-order valence-corrected chi connectivity index (χ0v) is 14.6. The van der Waals surface area contributed by atoms with Crippen molar-refractivity contribution in [1.82, 2.24) is 5.32 Å². The Hall–Kier alpha value is -0.790. The number of piperidine rings is 1. The lowest BCUT2D eigenvalue weighted by Crippen LogP contribution is -2.38. The van der Waals surface area contributed by atoms with Gasteiger partial charge in [0.2, 0.25) is 5.91 Å². The van der Waals surface area contributed by atoms with Crippen LogP contribution >= 0.6 is 23.0 Å². The standard InChI is InChI=1S/C16H22N2O3S.ClH/c19-15-10-16(4-6-17-7-5-16)11-18(15)13-1-2-14-12(9-13)3-8-22(14,20)21;/h1-2,9,17,20-21H,3-8,10-11H2;1H. The SMILES string of the molecule is Cl.O=C1CC2(CCNCC2)CN1c1ccc2c(c1)CCS2(O)O. The van der Waals surface area contributed by atoms with Crippen LogP contribution in [-0.4, -0.2) is 40.4 Å². The van der Waals surface area contributed by atoms with Gasteiger partial charge in [-0.2, -0.15) is 10.6 Å². The summed E-state index contributed by atoms with van der Waals surface area (Å²) in [5.41, 5.74) is 2.03. The molecule has 128 valence electrons. The van der Waals surface area contributed by atoms with Gasteiger partial charge in [-0.05, 0) is 61.5 Å². The Kier molecular flexibility index (Phi) is 4.40. The minimum atomic E-state index is -2.60. The van der Waals surface area contributed by atoms with E-state index in [9.17, 15) is 13.9 Å². The summed E-state index contributed by atoms with van der Waals surface area (Å²) in [5, 5.41) is 3.37. The fourth-order valence-electron chi connectivity index (χ4n) is 4.03. The van der Waals surface area contributed by atoms with Gasteiger partial charge in [0.25, 0.3) is 0 Å². The number of nitrogens with zero attached hydrogens (tertiary/aromatic N) is 1. The largest absolute Gasteiger partial charge is 0.317 e. The first-order valence-corrected chi connectivity index (χ1v) is 9.61. The van der Waals surface area contributed by atoms with Crippen molar-refractivity contribution >= 4 is 34.6 Å². The van der Waals surface area contributed by atoms with Crippen LogP contribution in [-0.2, 0) is 11.2 Å². The summed E-state index contributed by atoms with van der Waals surface area (Å²) >= 11 is 0. The van der Waals surface area contributed by atoms with Gasteiger partial charge in [-0.3, -0.25) is 13.9 Å². The van der Waals surface area contributed by atoms with Crippen LogP contribution in [0, 0.1) is 5.41 Å². The van der Waals surface area contributed by atoms with Crippen molar-refractivity contribution in [2.45, 2.75) is 30.6 Å². The van der Waals surface area contributed by atoms with Gasteiger partial charge in [-0.15, -0.1) is 12.4 Å². The van der Waals surface area contributed by atoms with Crippen LogP contribution in [0.15, 0.2) is 23.1 Å². The topological polar surface area (TPSA) is 72.8 Å². The molecule has 23 heavy (non-hydrogen) atoms. The monoisotopic (exact) mass is 358 g/mol. The van der Waals surface area contributed by atoms with E-state index in [1.54, 1.807) is 6.07 Å². The van der Waals surface area contributed by atoms with E-state index < -0.39 is 10.6 Å². The van der Waals surface area contributed by atoms with E-state index in [4.69, 9.17) is 0 Å². The summed E-state index contributed by atoms with van der Waals surface area (Å²) in [6.45, 7) is 2.78. The van der Waals surface area contributed by atoms with Gasteiger partial charge in [-0.1, -0.05) is 0 Å². The molecule has 1 aromatic carbocycles. The van der Waals surface area contributed by atoms with Crippen molar-refractivity contribution in [3.63, 3.8) is 0 Å². The molecule has 5 nitrogen and oxygen atoms in total. The lowest BCUT2D eigenvalue weighted by molar-refractivity contribution is -0.117. The third kappa shape index (κ3) is 2.87. The predicted octanol–water partition coefficient (Wildman–Crippen LogP) is 2.88. The molecule has 0 bridgehead atoms. The van der Waals surface area contributed by atoms with Crippen molar-refractivity contribution in [3.8, 4) is 0 Å². The molecule has 0 unspecified atom stereocenters. The highest BCUT2D eigenvalue weighted by atomic mass is 35.5. The first-order chi connectivity index (χ1) is 10.5. The van der Waals surface area contributed by atoms with E-state index in [0.717, 1.165) is 43.7 Å². The molecule has 0 radical (unpaired) electrons. The summed E-state index contributed by atoms with van der Waals surface area (Å²) in [6.07, 6.45) is 3.44. The molecule has 1 amide bonds. The second-order valence-corrected chi connectivity index (χ2v) is 9.00. The van der Waals surface area contributed by atoms with Crippen LogP contribution in [0.4, 0.5) is 5.69 Å². The van der Waals surface area contributed by atoms with Crippen molar-refractivity contribution in [3.05, 3.63) is 23.8 Å². The van der Waals surface area contributed by atoms with E-state index in [0.29, 0.717) is 23.5 Å². The van der Waals surface area contributed by atoms with Gasteiger partial charge in [0.1, 0.15) is 0 Å². The molecule has 4 rings (SSSR count). The normalized spacial score (nSPS) is 26.0. The molecule has 0 aliphatic carbocycles. The van der Waals surface area contributed by atoms with E-state index >= 15 is 0 Å². The minimum Gasteiger partial charge on any atom is -0.317 e. The number of fused-ring (bicyclic) bond motifs is 1. The van der Waals surface area contributed by atoms with Gasteiger partial charge in [0.15, 0.2) is 0 Å². The van der Waals surface area contributed by atoms with E-state index in [1.165, 1.54) is 0 Å². The number of nitrogens with one attached hydrogen (secondary N) is 1. The summed E-state index contributed by atoms with van der Waals surface area (Å²) in [5.74, 6) is 0.612. The Morgan fingerprint density at radius 2 is 1.96 bits per heavy atom. The number of hydrogen-bond acceptors (Lipinski definition) is 4. The Morgan fingerprint density at radius 3 is 2.70 bits per heavy atom. The molecule has 0 atom stereocenters. The molecule has 3 aliphatic heterocycles. The zero-order chi connectivity index (χ0) is 15.4. The van der Waals surface area contributed by atoms with Crippen LogP contribution in [0.3, 0.4) is 0 Å². The molecule has 3 aliphatic rings. The summed E-state index contributed by atoms with van der Waals surface area (Å²) in [4.78, 5) is 15.1. The highest BCUT2D eigenvalue weighted by molar-refractivity contribution is 8.24. The van der Waals surface area contributed by atoms with E-state index in [2.05, 4.69) is 5.32 Å². The fraction of sp³-hybridized carbons (Fsp3) is 0.562. The van der Waals surface area contributed by atoms with Crippen molar-refractivity contribution in [2.24, 2.45) is 5.41 Å². The van der Waals surface area contributed by atoms with Gasteiger partial charge in [0, 0.05) is 24.4 Å². The van der Waals surface area contributed by atoms with Gasteiger partial charge in [0.05, 0.1) is 4.90 Å². The quantitative estimate of drug-likeness (QED) is 0.721. The Labute approximate surface area is 144 Å². The lowest BCUT2D eigenvalue weighted by atomic mass is 9.78.